The number of hydrogen-bond donors (Lipinski definition) is 1. The van der Waals surface area contributed by atoms with Crippen LogP contribution < -0.4 is 4.57 Å². The summed E-state index contributed by atoms with van der Waals surface area (Å²) >= 11 is 5.81. The quantitative estimate of drug-likeness (QED) is 0.785. The molecule has 0 radical (unpaired) electrons. The molecule has 76 valence electrons. The van der Waals surface area contributed by atoms with E-state index in [2.05, 4.69) is 0 Å². The van der Waals surface area contributed by atoms with E-state index in [-0.39, 0.29) is 11.6 Å². The minimum absolute atomic E-state index is 0.220. The van der Waals surface area contributed by atoms with Crippen molar-refractivity contribution < 1.29 is 14.5 Å². The molecule has 0 aliphatic rings. The third-order valence-electron chi connectivity index (χ3n) is 2.20. The summed E-state index contributed by atoms with van der Waals surface area (Å²) in [4.78, 5) is 10.7. The van der Waals surface area contributed by atoms with Gasteiger partial charge in [0.25, 0.3) is 0 Å². The lowest BCUT2D eigenvalue weighted by Gasteiger charge is -2.04. The molecule has 0 spiro atoms. The second-order valence-corrected chi connectivity index (χ2v) is 3.69. The molecule has 0 aromatic carbocycles. The summed E-state index contributed by atoms with van der Waals surface area (Å²) in [6.45, 7) is 4.06. The fourth-order valence-electron chi connectivity index (χ4n) is 1.15. The maximum atomic E-state index is 10.7. The Morgan fingerprint density at radius 2 is 2.29 bits per heavy atom. The van der Waals surface area contributed by atoms with Gasteiger partial charge in [0.2, 0.25) is 0 Å². The molecular formula is C10H13ClNO2+. The van der Waals surface area contributed by atoms with Crippen LogP contribution in [0.4, 0.5) is 0 Å². The van der Waals surface area contributed by atoms with Crippen molar-refractivity contribution in [3.63, 3.8) is 0 Å². The first-order chi connectivity index (χ1) is 6.54. The molecule has 1 atom stereocenters. The summed E-state index contributed by atoms with van der Waals surface area (Å²) in [5, 5.41) is 9.27. The van der Waals surface area contributed by atoms with Gasteiger partial charge in [-0.1, -0.05) is 18.5 Å². The van der Waals surface area contributed by atoms with Crippen LogP contribution in [0.2, 0.25) is 5.02 Å². The zero-order chi connectivity index (χ0) is 10.7. The number of aromatic nitrogens is 1. The number of halogens is 1. The number of carboxylic acid groups (broad SMARTS) is 1. The van der Waals surface area contributed by atoms with E-state index < -0.39 is 5.97 Å². The van der Waals surface area contributed by atoms with E-state index in [0.717, 1.165) is 6.42 Å². The number of rotatable bonds is 3. The zero-order valence-electron chi connectivity index (χ0n) is 8.20. The standard InChI is InChI=1S/C10H12ClNO2/c1-3-7(2)12-5-8(10(13)14)4-9(11)6-12/h4-7H,3H2,1-2H3/p+1. The summed E-state index contributed by atoms with van der Waals surface area (Å²) in [5.74, 6) is -0.954. The summed E-state index contributed by atoms with van der Waals surface area (Å²) in [6.07, 6.45) is 4.27. The highest BCUT2D eigenvalue weighted by molar-refractivity contribution is 6.30. The Morgan fingerprint density at radius 1 is 1.64 bits per heavy atom. The number of carboxylic acids is 1. The normalized spacial score (nSPS) is 12.5. The Morgan fingerprint density at radius 3 is 2.79 bits per heavy atom. The number of pyridine rings is 1. The van der Waals surface area contributed by atoms with Crippen LogP contribution in [0.3, 0.4) is 0 Å². The van der Waals surface area contributed by atoms with Gasteiger partial charge in [-0.3, -0.25) is 0 Å². The van der Waals surface area contributed by atoms with Gasteiger partial charge < -0.3 is 5.11 Å². The molecule has 1 unspecified atom stereocenters. The molecule has 1 aromatic rings. The SMILES string of the molecule is CCC(C)[n+]1cc(Cl)cc(C(=O)O)c1. The van der Waals surface area contributed by atoms with Crippen LogP contribution in [-0.2, 0) is 0 Å². The van der Waals surface area contributed by atoms with Gasteiger partial charge in [0.15, 0.2) is 18.4 Å². The van der Waals surface area contributed by atoms with Gasteiger partial charge in [-0.05, 0) is 13.0 Å². The minimum atomic E-state index is -0.954. The predicted molar refractivity (Wildman–Crippen MR) is 53.6 cm³/mol. The van der Waals surface area contributed by atoms with Crippen LogP contribution in [0, 0.1) is 0 Å². The number of carbonyl (C=O) groups is 1. The Bertz CT molecular complexity index is 352. The Hall–Kier alpha value is -1.09. The first kappa shape index (κ1) is 11.0. The van der Waals surface area contributed by atoms with Crippen molar-refractivity contribution in [2.75, 3.05) is 0 Å². The lowest BCUT2D eigenvalue weighted by Crippen LogP contribution is -2.37. The van der Waals surface area contributed by atoms with E-state index in [1.807, 2.05) is 18.4 Å². The maximum Gasteiger partial charge on any atom is 0.341 e. The molecular weight excluding hydrogens is 202 g/mol. The van der Waals surface area contributed by atoms with Gasteiger partial charge in [-0.2, -0.15) is 0 Å². The highest BCUT2D eigenvalue weighted by Crippen LogP contribution is 2.10. The van der Waals surface area contributed by atoms with Crippen LogP contribution in [0.15, 0.2) is 18.5 Å². The molecule has 14 heavy (non-hydrogen) atoms. The minimum Gasteiger partial charge on any atom is -0.477 e. The summed E-state index contributed by atoms with van der Waals surface area (Å²) in [6, 6.07) is 1.70. The molecule has 1 rings (SSSR count). The van der Waals surface area contributed by atoms with Crippen LogP contribution >= 0.6 is 11.6 Å². The third-order valence-corrected chi connectivity index (χ3v) is 2.41. The molecule has 1 aromatic heterocycles. The molecule has 0 aliphatic carbocycles. The van der Waals surface area contributed by atoms with Crippen molar-refractivity contribution >= 4 is 17.6 Å². The zero-order valence-corrected chi connectivity index (χ0v) is 8.95. The van der Waals surface area contributed by atoms with Gasteiger partial charge >= 0.3 is 5.97 Å². The Labute approximate surface area is 87.9 Å². The van der Waals surface area contributed by atoms with Gasteiger partial charge in [0.1, 0.15) is 10.6 Å². The lowest BCUT2D eigenvalue weighted by atomic mass is 10.2. The maximum absolute atomic E-state index is 10.7. The fraction of sp³-hybridized carbons (Fsp3) is 0.400. The van der Waals surface area contributed by atoms with Crippen LogP contribution in [0.25, 0.3) is 0 Å². The molecule has 0 amide bonds. The van der Waals surface area contributed by atoms with E-state index in [9.17, 15) is 4.79 Å². The first-order valence-corrected chi connectivity index (χ1v) is 4.87. The van der Waals surface area contributed by atoms with Crippen LogP contribution in [0.1, 0.15) is 36.7 Å². The topological polar surface area (TPSA) is 41.2 Å². The van der Waals surface area contributed by atoms with Crippen molar-refractivity contribution in [3.8, 4) is 0 Å². The molecule has 0 saturated carbocycles. The van der Waals surface area contributed by atoms with Crippen LogP contribution in [0.5, 0.6) is 0 Å². The molecule has 1 heterocycles. The molecule has 0 fully saturated rings. The van der Waals surface area contributed by atoms with Crippen molar-refractivity contribution in [2.45, 2.75) is 26.3 Å². The lowest BCUT2D eigenvalue weighted by molar-refractivity contribution is -0.720. The molecule has 0 saturated heterocycles. The van der Waals surface area contributed by atoms with E-state index in [1.165, 1.54) is 6.07 Å². The van der Waals surface area contributed by atoms with Crippen molar-refractivity contribution in [3.05, 3.63) is 29.0 Å². The smallest absolute Gasteiger partial charge is 0.341 e. The third kappa shape index (κ3) is 2.45. The van der Waals surface area contributed by atoms with E-state index >= 15 is 0 Å². The van der Waals surface area contributed by atoms with Crippen LogP contribution in [-0.4, -0.2) is 11.1 Å². The molecule has 0 aliphatic heterocycles. The van der Waals surface area contributed by atoms with Crippen molar-refractivity contribution in [1.29, 1.82) is 0 Å². The summed E-state index contributed by atoms with van der Waals surface area (Å²) in [5.41, 5.74) is 0.220. The van der Waals surface area contributed by atoms with E-state index in [1.54, 1.807) is 12.4 Å². The molecule has 3 nitrogen and oxygen atoms in total. The highest BCUT2D eigenvalue weighted by atomic mass is 35.5. The predicted octanol–water partition coefficient (Wildman–Crippen LogP) is 2.30. The second kappa shape index (κ2) is 4.42. The largest absolute Gasteiger partial charge is 0.477 e. The highest BCUT2D eigenvalue weighted by Gasteiger charge is 2.15. The molecule has 1 N–H and O–H groups in total. The number of hydrogen-bond acceptors (Lipinski definition) is 1. The monoisotopic (exact) mass is 214 g/mol. The average Bonchev–Trinajstić information content (AvgIpc) is 2.15. The Balaban J connectivity index is 3.13. The van der Waals surface area contributed by atoms with E-state index in [4.69, 9.17) is 16.7 Å². The van der Waals surface area contributed by atoms with Crippen molar-refractivity contribution in [1.82, 2.24) is 0 Å². The summed E-state index contributed by atoms with van der Waals surface area (Å²) < 4.78 is 1.83. The average molecular weight is 215 g/mol. The Kier molecular flexibility index (Phi) is 3.47. The van der Waals surface area contributed by atoms with Gasteiger partial charge in [-0.15, -0.1) is 0 Å². The first-order valence-electron chi connectivity index (χ1n) is 4.49. The molecule has 0 bridgehead atoms. The summed E-state index contributed by atoms with van der Waals surface area (Å²) in [7, 11) is 0. The van der Waals surface area contributed by atoms with Crippen molar-refractivity contribution in [2.24, 2.45) is 0 Å². The number of aromatic carboxylic acids is 1. The van der Waals surface area contributed by atoms with E-state index in [0.29, 0.717) is 5.02 Å². The number of nitrogens with zero attached hydrogens (tertiary/aromatic N) is 1. The van der Waals surface area contributed by atoms with Gasteiger partial charge in [0.05, 0.1) is 0 Å². The van der Waals surface area contributed by atoms with Gasteiger partial charge in [-0.25, -0.2) is 9.36 Å². The molecule has 4 heteroatoms. The fourth-order valence-corrected chi connectivity index (χ4v) is 1.38. The second-order valence-electron chi connectivity index (χ2n) is 3.25. The van der Waals surface area contributed by atoms with Gasteiger partial charge in [0, 0.05) is 6.42 Å².